The van der Waals surface area contributed by atoms with E-state index in [0.29, 0.717) is 0 Å². The van der Waals surface area contributed by atoms with Crippen molar-refractivity contribution in [2.75, 3.05) is 18.5 Å². The second-order valence-electron chi connectivity index (χ2n) is 5.94. The third kappa shape index (κ3) is 8.12. The predicted octanol–water partition coefficient (Wildman–Crippen LogP) is -0.397. The third-order valence-electron chi connectivity index (χ3n) is 3.58. The zero-order chi connectivity index (χ0) is 23.4. The van der Waals surface area contributed by atoms with E-state index in [0.717, 1.165) is 4.57 Å². The van der Waals surface area contributed by atoms with Crippen LogP contribution < -0.4 is 16.6 Å². The van der Waals surface area contributed by atoms with Gasteiger partial charge in [-0.2, -0.15) is 8.62 Å². The van der Waals surface area contributed by atoms with E-state index < -0.39 is 53.7 Å². The molecule has 0 aromatic carbocycles. The summed E-state index contributed by atoms with van der Waals surface area (Å²) in [7, 11) is -16.4. The standard InChI is InChI=1S/C12H18N3O13P3/c1-2-5-13-9-6-15(12(17)14-11(9)16)10-4-3-8(26-10)7-25-30(21,22)28-31(23,24)27-29(18,19)20/h1,6,8,10,13H,3-5,7H2,(H,21,22)(H,23,24)(H,14,16,17)(H2,18,19,20)/t8-,10+/m1/s1. The molecule has 2 unspecified atom stereocenters. The molecule has 1 aromatic rings. The molecule has 1 aliphatic heterocycles. The summed E-state index contributed by atoms with van der Waals surface area (Å²) in [6, 6.07) is 0. The number of nitrogens with zero attached hydrogens (tertiary/aromatic N) is 1. The number of terminal acetylenes is 1. The van der Waals surface area contributed by atoms with Crippen LogP contribution in [0.25, 0.3) is 0 Å². The second kappa shape index (κ2) is 9.91. The van der Waals surface area contributed by atoms with Gasteiger partial charge in [-0.3, -0.25) is 18.9 Å². The van der Waals surface area contributed by atoms with Gasteiger partial charge in [0.05, 0.1) is 19.3 Å². The maximum atomic E-state index is 12.0. The molecule has 0 amide bonds. The molecule has 6 N–H and O–H groups in total. The molecule has 16 nitrogen and oxygen atoms in total. The van der Waals surface area contributed by atoms with Crippen molar-refractivity contribution in [1.29, 1.82) is 0 Å². The first-order chi connectivity index (χ1) is 14.2. The van der Waals surface area contributed by atoms with Crippen LogP contribution in [0.3, 0.4) is 0 Å². The summed E-state index contributed by atoms with van der Waals surface area (Å²) in [5, 5.41) is 2.62. The summed E-state index contributed by atoms with van der Waals surface area (Å²) in [6.45, 7) is -0.629. The zero-order valence-electron chi connectivity index (χ0n) is 15.4. The van der Waals surface area contributed by atoms with Crippen LogP contribution >= 0.6 is 23.5 Å². The van der Waals surface area contributed by atoms with E-state index in [1.54, 1.807) is 0 Å². The number of nitrogens with one attached hydrogen (secondary N) is 2. The molecule has 4 atom stereocenters. The summed E-state index contributed by atoms with van der Waals surface area (Å²) in [6.07, 6.45) is 4.97. The number of phosphoric ester groups is 1. The number of hydrogen-bond donors (Lipinski definition) is 6. The fourth-order valence-corrected chi connectivity index (χ4v) is 5.52. The summed E-state index contributed by atoms with van der Waals surface area (Å²) in [5.74, 6) is 2.26. The minimum atomic E-state index is -5.63. The van der Waals surface area contributed by atoms with Gasteiger partial charge in [-0.1, -0.05) is 5.92 Å². The first kappa shape index (κ1) is 25.7. The van der Waals surface area contributed by atoms with Crippen LogP contribution in [-0.4, -0.2) is 48.4 Å². The summed E-state index contributed by atoms with van der Waals surface area (Å²) in [5.41, 5.74) is -1.47. The van der Waals surface area contributed by atoms with Gasteiger partial charge in [0, 0.05) is 6.20 Å². The normalized spacial score (nSPS) is 22.9. The van der Waals surface area contributed by atoms with E-state index in [9.17, 15) is 28.2 Å². The van der Waals surface area contributed by atoms with Gasteiger partial charge in [0.15, 0.2) is 0 Å². The average Bonchev–Trinajstić information content (AvgIpc) is 3.05. The largest absolute Gasteiger partial charge is 0.490 e. The highest BCUT2D eigenvalue weighted by atomic mass is 31.3. The molecule has 1 aromatic heterocycles. The Morgan fingerprint density at radius 3 is 2.48 bits per heavy atom. The number of hydrogen-bond acceptors (Lipinski definition) is 10. The highest BCUT2D eigenvalue weighted by Crippen LogP contribution is 2.66. The molecule has 31 heavy (non-hydrogen) atoms. The molecule has 0 radical (unpaired) electrons. The SMILES string of the molecule is C#CCNc1cn([C@@H]2CC[C@H](COP(=O)(O)OP(=O)(O)OP(=O)(O)O)O2)c(=O)[nH]c1=O. The van der Waals surface area contributed by atoms with Crippen molar-refractivity contribution in [2.24, 2.45) is 0 Å². The van der Waals surface area contributed by atoms with Gasteiger partial charge < -0.3 is 29.6 Å². The maximum absolute atomic E-state index is 12.0. The predicted molar refractivity (Wildman–Crippen MR) is 102 cm³/mol. The van der Waals surface area contributed by atoms with Crippen molar-refractivity contribution < 1.29 is 51.2 Å². The Hall–Kier alpha value is -1.59. The van der Waals surface area contributed by atoms with E-state index in [2.05, 4.69) is 29.4 Å². The van der Waals surface area contributed by atoms with E-state index >= 15 is 0 Å². The molecule has 174 valence electrons. The van der Waals surface area contributed by atoms with Gasteiger partial charge >= 0.3 is 29.2 Å². The van der Waals surface area contributed by atoms with Crippen molar-refractivity contribution in [1.82, 2.24) is 9.55 Å². The summed E-state index contributed by atoms with van der Waals surface area (Å²) >= 11 is 0. The number of rotatable bonds is 10. The monoisotopic (exact) mass is 505 g/mol. The minimum absolute atomic E-state index is 0.0119. The van der Waals surface area contributed by atoms with Crippen LogP contribution in [0.2, 0.25) is 0 Å². The van der Waals surface area contributed by atoms with Crippen LogP contribution in [-0.2, 0) is 31.6 Å². The number of phosphoric acid groups is 3. The van der Waals surface area contributed by atoms with Crippen LogP contribution in [0.5, 0.6) is 0 Å². The first-order valence-electron chi connectivity index (χ1n) is 8.18. The molecule has 0 saturated carbocycles. The van der Waals surface area contributed by atoms with Crippen molar-refractivity contribution in [2.45, 2.75) is 25.2 Å². The van der Waals surface area contributed by atoms with Crippen LogP contribution in [0.1, 0.15) is 19.1 Å². The quantitative estimate of drug-likeness (QED) is 0.175. The molecule has 19 heteroatoms. The summed E-state index contributed by atoms with van der Waals surface area (Å²) < 4.78 is 51.9. The molecule has 2 rings (SSSR count). The van der Waals surface area contributed by atoms with E-state index in [1.165, 1.54) is 6.20 Å². The number of aromatic amines is 1. The molecule has 0 bridgehead atoms. The number of aromatic nitrogens is 2. The Bertz CT molecular complexity index is 1100. The Labute approximate surface area is 173 Å². The Balaban J connectivity index is 2.00. The lowest BCUT2D eigenvalue weighted by molar-refractivity contribution is -0.0242. The lowest BCUT2D eigenvalue weighted by Gasteiger charge is -2.19. The first-order valence-corrected chi connectivity index (χ1v) is 12.7. The third-order valence-corrected chi connectivity index (χ3v) is 7.39. The van der Waals surface area contributed by atoms with Gasteiger partial charge in [0.1, 0.15) is 11.9 Å². The zero-order valence-corrected chi connectivity index (χ0v) is 18.1. The Morgan fingerprint density at radius 2 is 1.87 bits per heavy atom. The number of anilines is 1. The fraction of sp³-hybridized carbons (Fsp3) is 0.500. The van der Waals surface area contributed by atoms with Gasteiger partial charge in [0.2, 0.25) is 0 Å². The Kier molecular flexibility index (Phi) is 8.21. The highest BCUT2D eigenvalue weighted by molar-refractivity contribution is 7.66. The Morgan fingerprint density at radius 1 is 1.19 bits per heavy atom. The van der Waals surface area contributed by atoms with Crippen molar-refractivity contribution in [3.63, 3.8) is 0 Å². The van der Waals surface area contributed by atoms with Crippen molar-refractivity contribution in [3.8, 4) is 12.3 Å². The van der Waals surface area contributed by atoms with Crippen LogP contribution in [0, 0.1) is 12.3 Å². The topological polar surface area (TPSA) is 236 Å². The van der Waals surface area contributed by atoms with Gasteiger partial charge in [-0.05, 0) is 12.8 Å². The average molecular weight is 505 g/mol. The molecule has 0 aliphatic carbocycles. The molecule has 0 spiro atoms. The molecule has 1 fully saturated rings. The van der Waals surface area contributed by atoms with Gasteiger partial charge in [0.25, 0.3) is 5.56 Å². The smallest absolute Gasteiger partial charge is 0.368 e. The highest BCUT2D eigenvalue weighted by Gasteiger charge is 2.41. The van der Waals surface area contributed by atoms with E-state index in [-0.39, 0.29) is 25.1 Å². The van der Waals surface area contributed by atoms with Crippen LogP contribution in [0.4, 0.5) is 5.69 Å². The van der Waals surface area contributed by atoms with Gasteiger partial charge in [-0.15, -0.1) is 6.42 Å². The summed E-state index contributed by atoms with van der Waals surface area (Å²) in [4.78, 5) is 61.4. The second-order valence-corrected chi connectivity index (χ2v) is 10.4. The lowest BCUT2D eigenvalue weighted by Crippen LogP contribution is -2.34. The van der Waals surface area contributed by atoms with Crippen molar-refractivity contribution in [3.05, 3.63) is 27.0 Å². The molecular weight excluding hydrogens is 487 g/mol. The van der Waals surface area contributed by atoms with E-state index in [4.69, 9.17) is 25.8 Å². The van der Waals surface area contributed by atoms with Gasteiger partial charge in [-0.25, -0.2) is 18.5 Å². The molecule has 1 aliphatic rings. The number of H-pyrrole nitrogens is 1. The lowest BCUT2D eigenvalue weighted by atomic mass is 10.2. The minimum Gasteiger partial charge on any atom is -0.368 e. The molecular formula is C12H18N3O13P3. The van der Waals surface area contributed by atoms with Crippen LogP contribution in [0.15, 0.2) is 15.8 Å². The molecule has 1 saturated heterocycles. The van der Waals surface area contributed by atoms with E-state index in [1.807, 2.05) is 0 Å². The maximum Gasteiger partial charge on any atom is 0.490 e. The molecule has 2 heterocycles. The number of ether oxygens (including phenoxy) is 1. The fourth-order valence-electron chi connectivity index (χ4n) is 2.47. The van der Waals surface area contributed by atoms with Crippen molar-refractivity contribution >= 4 is 29.2 Å².